The van der Waals surface area contributed by atoms with E-state index in [2.05, 4.69) is 20.8 Å². The number of benzene rings is 2. The number of tetrazole rings is 1. The van der Waals surface area contributed by atoms with Gasteiger partial charge in [0.1, 0.15) is 6.33 Å². The highest BCUT2D eigenvalue weighted by atomic mass is 35.5. The molecule has 1 aromatic heterocycles. The maximum atomic E-state index is 5.88. The average molecular weight is 286 g/mol. The monoisotopic (exact) mass is 285 g/mol. The molecule has 0 radical (unpaired) electrons. The largest absolute Gasteiger partial charge is 0.379 e. The summed E-state index contributed by atoms with van der Waals surface area (Å²) in [5.41, 5.74) is 3.03. The van der Waals surface area contributed by atoms with Crippen LogP contribution in [0.1, 0.15) is 5.56 Å². The summed E-state index contributed by atoms with van der Waals surface area (Å²) in [4.78, 5) is 0. The predicted molar refractivity (Wildman–Crippen MR) is 77.9 cm³/mol. The Labute approximate surface area is 121 Å². The van der Waals surface area contributed by atoms with Crippen LogP contribution in [-0.4, -0.2) is 20.2 Å². The van der Waals surface area contributed by atoms with Crippen LogP contribution in [0.2, 0.25) is 5.02 Å². The molecule has 6 heteroatoms. The van der Waals surface area contributed by atoms with Crippen LogP contribution >= 0.6 is 11.6 Å². The molecule has 100 valence electrons. The van der Waals surface area contributed by atoms with Gasteiger partial charge in [0.25, 0.3) is 0 Å². The number of para-hydroxylation sites is 2. The molecule has 3 rings (SSSR count). The van der Waals surface area contributed by atoms with Gasteiger partial charge >= 0.3 is 0 Å². The predicted octanol–water partition coefficient (Wildman–Crippen LogP) is 2.93. The second kappa shape index (κ2) is 5.71. The van der Waals surface area contributed by atoms with E-state index in [-0.39, 0.29) is 0 Å². The van der Waals surface area contributed by atoms with E-state index in [4.69, 9.17) is 11.6 Å². The fourth-order valence-electron chi connectivity index (χ4n) is 1.89. The molecule has 0 unspecified atom stereocenters. The van der Waals surface area contributed by atoms with Crippen molar-refractivity contribution in [2.75, 3.05) is 5.32 Å². The van der Waals surface area contributed by atoms with Gasteiger partial charge in [-0.2, -0.15) is 4.68 Å². The zero-order valence-electron chi connectivity index (χ0n) is 10.6. The third-order valence-corrected chi connectivity index (χ3v) is 3.15. The molecule has 3 aromatic rings. The standard InChI is InChI=1S/C14H12ClN5/c15-12-7-5-11(6-8-12)9-16-13-3-1-2-4-14(13)20-10-17-18-19-20/h1-8,10,16H,9H2. The Morgan fingerprint density at radius 2 is 1.85 bits per heavy atom. The molecule has 0 bridgehead atoms. The summed E-state index contributed by atoms with van der Waals surface area (Å²) in [6.07, 6.45) is 1.57. The van der Waals surface area contributed by atoms with Gasteiger partial charge in [-0.1, -0.05) is 35.9 Å². The summed E-state index contributed by atoms with van der Waals surface area (Å²) < 4.78 is 1.63. The van der Waals surface area contributed by atoms with E-state index >= 15 is 0 Å². The number of nitrogens with zero attached hydrogens (tertiary/aromatic N) is 4. The molecule has 5 nitrogen and oxygen atoms in total. The van der Waals surface area contributed by atoms with Crippen molar-refractivity contribution in [2.45, 2.75) is 6.54 Å². The summed E-state index contributed by atoms with van der Waals surface area (Å²) in [7, 11) is 0. The third-order valence-electron chi connectivity index (χ3n) is 2.90. The Kier molecular flexibility index (Phi) is 3.60. The SMILES string of the molecule is Clc1ccc(CNc2ccccc2-n2cnnn2)cc1. The Bertz CT molecular complexity index is 679. The maximum Gasteiger partial charge on any atom is 0.143 e. The average Bonchev–Trinajstić information content (AvgIpc) is 3.01. The van der Waals surface area contributed by atoms with Crippen molar-refractivity contribution in [2.24, 2.45) is 0 Å². The molecule has 0 saturated heterocycles. The highest BCUT2D eigenvalue weighted by molar-refractivity contribution is 6.30. The number of nitrogens with one attached hydrogen (secondary N) is 1. The van der Waals surface area contributed by atoms with E-state index in [9.17, 15) is 0 Å². The first-order valence-corrected chi connectivity index (χ1v) is 6.51. The van der Waals surface area contributed by atoms with Crippen molar-refractivity contribution in [1.82, 2.24) is 20.2 Å². The van der Waals surface area contributed by atoms with Gasteiger partial charge in [0, 0.05) is 11.6 Å². The minimum atomic E-state index is 0.705. The molecule has 1 heterocycles. The van der Waals surface area contributed by atoms with Gasteiger partial charge < -0.3 is 5.32 Å². The molecule has 0 spiro atoms. The smallest absolute Gasteiger partial charge is 0.143 e. The Balaban J connectivity index is 1.79. The lowest BCUT2D eigenvalue weighted by atomic mass is 10.2. The Hall–Kier alpha value is -2.40. The molecule has 0 aliphatic carbocycles. The molecule has 0 fully saturated rings. The zero-order valence-corrected chi connectivity index (χ0v) is 11.3. The summed E-state index contributed by atoms with van der Waals surface area (Å²) in [6, 6.07) is 15.6. The first kappa shape index (κ1) is 12.6. The quantitative estimate of drug-likeness (QED) is 0.801. The van der Waals surface area contributed by atoms with Crippen molar-refractivity contribution < 1.29 is 0 Å². The summed E-state index contributed by atoms with van der Waals surface area (Å²) in [5, 5.41) is 15.3. The van der Waals surface area contributed by atoms with Crippen LogP contribution in [-0.2, 0) is 6.54 Å². The second-order valence-corrected chi connectivity index (χ2v) is 4.69. The molecular formula is C14H12ClN5. The van der Waals surface area contributed by atoms with E-state index in [1.807, 2.05) is 48.5 Å². The lowest BCUT2D eigenvalue weighted by Crippen LogP contribution is -2.04. The van der Waals surface area contributed by atoms with Crippen molar-refractivity contribution in [1.29, 1.82) is 0 Å². The van der Waals surface area contributed by atoms with Crippen LogP contribution < -0.4 is 5.32 Å². The van der Waals surface area contributed by atoms with Gasteiger partial charge in [0.15, 0.2) is 0 Å². The van der Waals surface area contributed by atoms with Crippen LogP contribution in [0.3, 0.4) is 0 Å². The van der Waals surface area contributed by atoms with E-state index in [1.165, 1.54) is 0 Å². The van der Waals surface area contributed by atoms with Crippen LogP contribution in [0, 0.1) is 0 Å². The van der Waals surface area contributed by atoms with Crippen molar-refractivity contribution >= 4 is 17.3 Å². The van der Waals surface area contributed by atoms with E-state index in [0.29, 0.717) is 6.54 Å². The first-order valence-electron chi connectivity index (χ1n) is 6.13. The second-order valence-electron chi connectivity index (χ2n) is 4.25. The van der Waals surface area contributed by atoms with Crippen LogP contribution in [0.4, 0.5) is 5.69 Å². The van der Waals surface area contributed by atoms with Gasteiger partial charge in [-0.25, -0.2) is 0 Å². The number of halogens is 1. The molecule has 0 amide bonds. The Morgan fingerprint density at radius 1 is 1.05 bits per heavy atom. The van der Waals surface area contributed by atoms with Gasteiger partial charge in [0.2, 0.25) is 0 Å². The lowest BCUT2D eigenvalue weighted by molar-refractivity contribution is 0.789. The summed E-state index contributed by atoms with van der Waals surface area (Å²) in [6.45, 7) is 0.705. The van der Waals surface area contributed by atoms with Crippen LogP contribution in [0.5, 0.6) is 0 Å². The lowest BCUT2D eigenvalue weighted by Gasteiger charge is -2.11. The highest BCUT2D eigenvalue weighted by Crippen LogP contribution is 2.19. The van der Waals surface area contributed by atoms with Crippen molar-refractivity contribution in [3.63, 3.8) is 0 Å². The number of hydrogen-bond donors (Lipinski definition) is 1. The van der Waals surface area contributed by atoms with Crippen molar-refractivity contribution in [3.05, 3.63) is 65.4 Å². The van der Waals surface area contributed by atoms with Crippen LogP contribution in [0.15, 0.2) is 54.9 Å². The minimum absolute atomic E-state index is 0.705. The molecule has 0 aliphatic rings. The zero-order chi connectivity index (χ0) is 13.8. The molecule has 0 atom stereocenters. The molecule has 0 saturated carbocycles. The fourth-order valence-corrected chi connectivity index (χ4v) is 2.02. The van der Waals surface area contributed by atoms with Gasteiger partial charge in [-0.3, -0.25) is 0 Å². The minimum Gasteiger partial charge on any atom is -0.379 e. The number of rotatable bonds is 4. The fraction of sp³-hybridized carbons (Fsp3) is 0.0714. The summed E-state index contributed by atoms with van der Waals surface area (Å²) >= 11 is 5.88. The highest BCUT2D eigenvalue weighted by Gasteiger charge is 2.04. The molecular weight excluding hydrogens is 274 g/mol. The van der Waals surface area contributed by atoms with E-state index < -0.39 is 0 Å². The van der Waals surface area contributed by atoms with Gasteiger partial charge in [-0.05, 0) is 40.3 Å². The molecule has 1 N–H and O–H groups in total. The normalized spacial score (nSPS) is 10.4. The third kappa shape index (κ3) is 2.78. The molecule has 20 heavy (non-hydrogen) atoms. The van der Waals surface area contributed by atoms with Gasteiger partial charge in [-0.15, -0.1) is 5.10 Å². The summed E-state index contributed by atoms with van der Waals surface area (Å²) in [5.74, 6) is 0. The molecule has 0 aliphatic heterocycles. The number of anilines is 1. The first-order chi connectivity index (χ1) is 9.83. The molecule has 2 aromatic carbocycles. The number of hydrogen-bond acceptors (Lipinski definition) is 4. The maximum absolute atomic E-state index is 5.88. The van der Waals surface area contributed by atoms with Crippen molar-refractivity contribution in [3.8, 4) is 5.69 Å². The van der Waals surface area contributed by atoms with Crippen LogP contribution in [0.25, 0.3) is 5.69 Å². The Morgan fingerprint density at radius 3 is 2.60 bits per heavy atom. The van der Waals surface area contributed by atoms with Gasteiger partial charge in [0.05, 0.1) is 11.4 Å². The topological polar surface area (TPSA) is 55.6 Å². The van der Waals surface area contributed by atoms with E-state index in [1.54, 1.807) is 11.0 Å². The van der Waals surface area contributed by atoms with E-state index in [0.717, 1.165) is 22.0 Å². The number of aromatic nitrogens is 4.